The zero-order valence-corrected chi connectivity index (χ0v) is 13.4. The smallest absolute Gasteiger partial charge is 0.224 e. The molecule has 1 saturated heterocycles. The number of fused-ring (bicyclic) bond motifs is 1. The highest BCUT2D eigenvalue weighted by Gasteiger charge is 2.19. The number of benzene rings is 1. The second-order valence-electron chi connectivity index (χ2n) is 5.59. The molecule has 0 spiro atoms. The predicted octanol–water partition coefficient (Wildman–Crippen LogP) is 1.38. The van der Waals surface area contributed by atoms with E-state index in [0.29, 0.717) is 54.5 Å². The molecule has 1 aliphatic heterocycles. The van der Waals surface area contributed by atoms with Crippen LogP contribution in [0.15, 0.2) is 30.5 Å². The van der Waals surface area contributed by atoms with Gasteiger partial charge in [-0.2, -0.15) is 15.2 Å². The van der Waals surface area contributed by atoms with Crippen LogP contribution in [-0.4, -0.2) is 46.2 Å². The van der Waals surface area contributed by atoms with E-state index < -0.39 is 0 Å². The number of ether oxygens (including phenoxy) is 1. The molecule has 3 aromatic rings. The van der Waals surface area contributed by atoms with Gasteiger partial charge in [0.25, 0.3) is 0 Å². The summed E-state index contributed by atoms with van der Waals surface area (Å²) in [6, 6.07) is 9.47. The third-order valence-corrected chi connectivity index (χ3v) is 4.04. The average molecular weight is 333 g/mol. The molecule has 0 amide bonds. The first-order chi connectivity index (χ1) is 12.3. The Morgan fingerprint density at radius 2 is 1.92 bits per heavy atom. The van der Waals surface area contributed by atoms with Crippen LogP contribution < -0.4 is 10.6 Å². The van der Waals surface area contributed by atoms with Gasteiger partial charge in [0.05, 0.1) is 36.7 Å². The number of anilines is 2. The first-order valence-corrected chi connectivity index (χ1v) is 7.89. The predicted molar refractivity (Wildman–Crippen MR) is 92.7 cm³/mol. The topological polar surface area (TPSA) is 114 Å². The molecule has 124 valence electrons. The lowest BCUT2D eigenvalue weighted by molar-refractivity contribution is 0.122. The van der Waals surface area contributed by atoms with E-state index in [2.05, 4.69) is 25.9 Å². The zero-order chi connectivity index (χ0) is 17.2. The van der Waals surface area contributed by atoms with E-state index in [0.717, 1.165) is 5.56 Å². The van der Waals surface area contributed by atoms with Crippen LogP contribution in [0.2, 0.25) is 0 Å². The standard InChI is InChI=1S/C17H15N7O/c18-9-11-3-1-2-4-12(11)13-10-20-15-14(21-13)16(23-17(19)22-15)24-5-7-25-8-6-24/h1-4,10H,5-8H2,(H2,19,20,22,23). The summed E-state index contributed by atoms with van der Waals surface area (Å²) in [7, 11) is 0. The maximum absolute atomic E-state index is 9.33. The van der Waals surface area contributed by atoms with Gasteiger partial charge in [-0.15, -0.1) is 0 Å². The van der Waals surface area contributed by atoms with Gasteiger partial charge >= 0.3 is 0 Å². The molecule has 1 aromatic carbocycles. The van der Waals surface area contributed by atoms with Gasteiger partial charge in [0.15, 0.2) is 17.0 Å². The van der Waals surface area contributed by atoms with E-state index >= 15 is 0 Å². The molecule has 1 aliphatic rings. The van der Waals surface area contributed by atoms with Gasteiger partial charge in [-0.3, -0.25) is 0 Å². The van der Waals surface area contributed by atoms with Crippen LogP contribution in [0.25, 0.3) is 22.4 Å². The number of aromatic nitrogens is 4. The second kappa shape index (κ2) is 6.30. The molecule has 8 heteroatoms. The largest absolute Gasteiger partial charge is 0.378 e. The summed E-state index contributed by atoms with van der Waals surface area (Å²) in [5.41, 5.74) is 8.72. The Hall–Kier alpha value is -3.31. The van der Waals surface area contributed by atoms with Crippen molar-refractivity contribution in [3.63, 3.8) is 0 Å². The molecule has 4 rings (SSSR count). The molecule has 3 heterocycles. The average Bonchev–Trinajstić information content (AvgIpc) is 2.67. The van der Waals surface area contributed by atoms with Gasteiger partial charge in [-0.05, 0) is 6.07 Å². The zero-order valence-electron chi connectivity index (χ0n) is 13.4. The lowest BCUT2D eigenvalue weighted by Crippen LogP contribution is -2.37. The normalized spacial score (nSPS) is 14.4. The molecule has 25 heavy (non-hydrogen) atoms. The van der Waals surface area contributed by atoms with Crippen molar-refractivity contribution in [2.45, 2.75) is 0 Å². The third kappa shape index (κ3) is 2.81. The molecule has 0 atom stereocenters. The fraction of sp³-hybridized carbons (Fsp3) is 0.235. The highest BCUT2D eigenvalue weighted by Crippen LogP contribution is 2.27. The van der Waals surface area contributed by atoms with Gasteiger partial charge in [-0.25, -0.2) is 9.97 Å². The van der Waals surface area contributed by atoms with E-state index in [-0.39, 0.29) is 5.95 Å². The number of morpholine rings is 1. The minimum atomic E-state index is 0.161. The Morgan fingerprint density at radius 3 is 2.72 bits per heavy atom. The molecule has 2 aromatic heterocycles. The molecule has 2 N–H and O–H groups in total. The fourth-order valence-electron chi connectivity index (χ4n) is 2.84. The molecule has 0 radical (unpaired) electrons. The van der Waals surface area contributed by atoms with Gasteiger partial charge in [0.2, 0.25) is 5.95 Å². The summed E-state index contributed by atoms with van der Waals surface area (Å²) in [5, 5.41) is 9.33. The quantitative estimate of drug-likeness (QED) is 0.748. The third-order valence-electron chi connectivity index (χ3n) is 4.04. The van der Waals surface area contributed by atoms with Crippen molar-refractivity contribution < 1.29 is 4.74 Å². The molecule has 1 fully saturated rings. The Kier molecular flexibility index (Phi) is 3.84. The Balaban J connectivity index is 1.89. The second-order valence-corrected chi connectivity index (χ2v) is 5.59. The number of rotatable bonds is 2. The molecule has 8 nitrogen and oxygen atoms in total. The number of hydrogen-bond donors (Lipinski definition) is 1. The molecular formula is C17H15N7O. The summed E-state index contributed by atoms with van der Waals surface area (Å²) >= 11 is 0. The van der Waals surface area contributed by atoms with Crippen LogP contribution >= 0.6 is 0 Å². The van der Waals surface area contributed by atoms with E-state index in [1.54, 1.807) is 12.3 Å². The number of hydrogen-bond acceptors (Lipinski definition) is 8. The molecular weight excluding hydrogens is 318 g/mol. The number of nitrogens with two attached hydrogens (primary N) is 1. The first-order valence-electron chi connectivity index (χ1n) is 7.89. The Labute approximate surface area is 143 Å². The van der Waals surface area contributed by atoms with Crippen molar-refractivity contribution in [2.75, 3.05) is 36.9 Å². The van der Waals surface area contributed by atoms with Crippen molar-refractivity contribution in [3.05, 3.63) is 36.0 Å². The fourth-order valence-corrected chi connectivity index (χ4v) is 2.84. The van der Waals surface area contributed by atoms with Crippen molar-refractivity contribution >= 4 is 22.9 Å². The molecule has 0 saturated carbocycles. The van der Waals surface area contributed by atoms with E-state index in [1.807, 2.05) is 18.2 Å². The van der Waals surface area contributed by atoms with Crippen LogP contribution in [-0.2, 0) is 4.74 Å². The van der Waals surface area contributed by atoms with Crippen molar-refractivity contribution in [2.24, 2.45) is 0 Å². The summed E-state index contributed by atoms with van der Waals surface area (Å²) < 4.78 is 5.40. The lowest BCUT2D eigenvalue weighted by atomic mass is 10.1. The van der Waals surface area contributed by atoms with E-state index in [4.69, 9.17) is 15.5 Å². The molecule has 0 aliphatic carbocycles. The summed E-state index contributed by atoms with van der Waals surface area (Å²) in [5.74, 6) is 0.808. The van der Waals surface area contributed by atoms with E-state index in [1.165, 1.54) is 0 Å². The van der Waals surface area contributed by atoms with Crippen LogP contribution in [0.1, 0.15) is 5.56 Å². The number of nitrogen functional groups attached to an aromatic ring is 1. The SMILES string of the molecule is N#Cc1ccccc1-c1cnc2nc(N)nc(N3CCOCC3)c2n1. The first kappa shape index (κ1) is 15.2. The van der Waals surface area contributed by atoms with Crippen LogP contribution in [0.4, 0.5) is 11.8 Å². The summed E-state index contributed by atoms with van der Waals surface area (Å²) in [6.45, 7) is 2.64. The highest BCUT2D eigenvalue weighted by molar-refractivity contribution is 5.86. The van der Waals surface area contributed by atoms with Crippen LogP contribution in [0.5, 0.6) is 0 Å². The Bertz CT molecular complexity index is 976. The maximum Gasteiger partial charge on any atom is 0.224 e. The lowest BCUT2D eigenvalue weighted by Gasteiger charge is -2.28. The maximum atomic E-state index is 9.33. The number of nitriles is 1. The van der Waals surface area contributed by atoms with Gasteiger partial charge in [0.1, 0.15) is 0 Å². The van der Waals surface area contributed by atoms with Gasteiger partial charge < -0.3 is 15.4 Å². The molecule has 0 unspecified atom stereocenters. The monoisotopic (exact) mass is 333 g/mol. The Morgan fingerprint density at radius 1 is 1.12 bits per heavy atom. The minimum absolute atomic E-state index is 0.161. The molecule has 0 bridgehead atoms. The van der Waals surface area contributed by atoms with Crippen molar-refractivity contribution in [3.8, 4) is 17.3 Å². The van der Waals surface area contributed by atoms with E-state index in [9.17, 15) is 5.26 Å². The van der Waals surface area contributed by atoms with Crippen molar-refractivity contribution in [1.29, 1.82) is 5.26 Å². The van der Waals surface area contributed by atoms with Gasteiger partial charge in [-0.1, -0.05) is 18.2 Å². The van der Waals surface area contributed by atoms with Crippen LogP contribution in [0, 0.1) is 11.3 Å². The van der Waals surface area contributed by atoms with Crippen LogP contribution in [0.3, 0.4) is 0 Å². The van der Waals surface area contributed by atoms with Crippen molar-refractivity contribution in [1.82, 2.24) is 19.9 Å². The summed E-state index contributed by atoms with van der Waals surface area (Å²) in [4.78, 5) is 19.7. The van der Waals surface area contributed by atoms with Gasteiger partial charge in [0, 0.05) is 18.7 Å². The minimum Gasteiger partial charge on any atom is -0.378 e. The summed E-state index contributed by atoms with van der Waals surface area (Å²) in [6.07, 6.45) is 1.61. The number of nitrogens with zero attached hydrogens (tertiary/aromatic N) is 6. The highest BCUT2D eigenvalue weighted by atomic mass is 16.5.